The van der Waals surface area contributed by atoms with Crippen molar-refractivity contribution in [2.24, 2.45) is 5.84 Å². The molecule has 88 valence electrons. The van der Waals surface area contributed by atoms with Gasteiger partial charge in [0.05, 0.1) is 5.52 Å². The fourth-order valence-corrected chi connectivity index (χ4v) is 1.61. The number of fused-ring (bicyclic) bond motifs is 1. The lowest BCUT2D eigenvalue weighted by Crippen LogP contribution is -2.34. The minimum absolute atomic E-state index is 0.108. The molecule has 0 saturated heterocycles. The van der Waals surface area contributed by atoms with Gasteiger partial charge in [0.1, 0.15) is 5.75 Å². The Bertz CT molecular complexity index is 554. The van der Waals surface area contributed by atoms with E-state index in [1.807, 2.05) is 30.5 Å². The van der Waals surface area contributed by atoms with Crippen LogP contribution in [0.3, 0.4) is 0 Å². The number of aryl methyl sites for hydroxylation is 1. The monoisotopic (exact) mass is 231 g/mol. The van der Waals surface area contributed by atoms with Gasteiger partial charge in [-0.25, -0.2) is 5.84 Å². The lowest BCUT2D eigenvalue weighted by molar-refractivity contribution is -0.123. The van der Waals surface area contributed by atoms with Crippen molar-refractivity contribution in [2.75, 3.05) is 6.61 Å². The van der Waals surface area contributed by atoms with Gasteiger partial charge in [-0.15, -0.1) is 0 Å². The zero-order valence-electron chi connectivity index (χ0n) is 9.43. The van der Waals surface area contributed by atoms with Crippen molar-refractivity contribution < 1.29 is 9.53 Å². The number of hydrogen-bond donors (Lipinski definition) is 2. The highest BCUT2D eigenvalue weighted by atomic mass is 16.5. The zero-order valence-corrected chi connectivity index (χ0v) is 9.43. The number of ether oxygens (including phenoxy) is 1. The van der Waals surface area contributed by atoms with Crippen LogP contribution < -0.4 is 16.0 Å². The normalized spacial score (nSPS) is 10.2. The van der Waals surface area contributed by atoms with Gasteiger partial charge >= 0.3 is 0 Å². The summed E-state index contributed by atoms with van der Waals surface area (Å²) in [6.07, 6.45) is 1.66. The molecule has 0 spiro atoms. The fourth-order valence-electron chi connectivity index (χ4n) is 1.61. The number of benzene rings is 1. The van der Waals surface area contributed by atoms with Gasteiger partial charge in [-0.3, -0.25) is 15.2 Å². The summed E-state index contributed by atoms with van der Waals surface area (Å²) in [7, 11) is 0. The van der Waals surface area contributed by atoms with Gasteiger partial charge in [-0.1, -0.05) is 12.1 Å². The topological polar surface area (TPSA) is 77.2 Å². The van der Waals surface area contributed by atoms with E-state index in [2.05, 4.69) is 4.98 Å². The average Bonchev–Trinajstić information content (AvgIpc) is 2.36. The molecule has 1 amide bonds. The number of nitrogens with one attached hydrogen (secondary N) is 1. The van der Waals surface area contributed by atoms with Gasteiger partial charge in [-0.2, -0.15) is 0 Å². The third kappa shape index (κ3) is 2.34. The maximum atomic E-state index is 11.0. The van der Waals surface area contributed by atoms with Gasteiger partial charge < -0.3 is 4.74 Å². The lowest BCUT2D eigenvalue weighted by Gasteiger charge is -2.08. The molecular formula is C12H13N3O2. The van der Waals surface area contributed by atoms with Gasteiger partial charge in [0.2, 0.25) is 0 Å². The quantitative estimate of drug-likeness (QED) is 0.467. The van der Waals surface area contributed by atoms with Crippen molar-refractivity contribution in [3.8, 4) is 5.75 Å². The molecule has 0 aliphatic rings. The number of pyridine rings is 1. The number of rotatable bonds is 3. The summed E-state index contributed by atoms with van der Waals surface area (Å²) >= 11 is 0. The second-order valence-corrected chi connectivity index (χ2v) is 3.64. The van der Waals surface area contributed by atoms with E-state index in [-0.39, 0.29) is 12.5 Å². The molecule has 2 rings (SSSR count). The molecule has 17 heavy (non-hydrogen) atoms. The Morgan fingerprint density at radius 2 is 2.29 bits per heavy atom. The molecule has 2 aromatic rings. The first kappa shape index (κ1) is 11.3. The molecule has 0 aliphatic carbocycles. The summed E-state index contributed by atoms with van der Waals surface area (Å²) in [6, 6.07) is 7.54. The molecule has 5 nitrogen and oxygen atoms in total. The van der Waals surface area contributed by atoms with E-state index in [9.17, 15) is 4.79 Å². The van der Waals surface area contributed by atoms with E-state index in [1.165, 1.54) is 0 Å². The third-order valence-electron chi connectivity index (χ3n) is 2.45. The summed E-state index contributed by atoms with van der Waals surface area (Å²) in [5.74, 6) is 5.24. The van der Waals surface area contributed by atoms with Crippen molar-refractivity contribution in [3.05, 3.63) is 36.0 Å². The minimum atomic E-state index is -0.373. The molecule has 1 heterocycles. The van der Waals surface area contributed by atoms with Crippen LogP contribution in [0.5, 0.6) is 5.75 Å². The number of amides is 1. The summed E-state index contributed by atoms with van der Waals surface area (Å²) < 4.78 is 5.39. The highest BCUT2D eigenvalue weighted by molar-refractivity contribution is 5.87. The molecule has 0 aliphatic heterocycles. The number of para-hydroxylation sites is 1. The number of carbonyl (C=O) groups excluding carboxylic acids is 1. The summed E-state index contributed by atoms with van der Waals surface area (Å²) in [5.41, 5.74) is 3.95. The SMILES string of the molecule is Cc1cccc2c(OCC(=O)NN)ccnc12. The molecule has 1 aromatic heterocycles. The predicted octanol–water partition coefficient (Wildman–Crippen LogP) is 0.912. The van der Waals surface area contributed by atoms with Crippen LogP contribution in [-0.4, -0.2) is 17.5 Å². The second kappa shape index (κ2) is 4.80. The van der Waals surface area contributed by atoms with Crippen molar-refractivity contribution in [1.29, 1.82) is 0 Å². The summed E-state index contributed by atoms with van der Waals surface area (Å²) in [6.45, 7) is 1.87. The Hall–Kier alpha value is -2.14. The van der Waals surface area contributed by atoms with Crippen molar-refractivity contribution >= 4 is 16.8 Å². The number of nitrogens with zero attached hydrogens (tertiary/aromatic N) is 1. The van der Waals surface area contributed by atoms with Crippen molar-refractivity contribution in [3.63, 3.8) is 0 Å². The van der Waals surface area contributed by atoms with E-state index in [4.69, 9.17) is 10.6 Å². The number of hydrogen-bond acceptors (Lipinski definition) is 4. The van der Waals surface area contributed by atoms with Crippen LogP contribution in [0.4, 0.5) is 0 Å². The molecule has 0 unspecified atom stereocenters. The van der Waals surface area contributed by atoms with Crippen LogP contribution >= 0.6 is 0 Å². The van der Waals surface area contributed by atoms with E-state index in [0.29, 0.717) is 5.75 Å². The van der Waals surface area contributed by atoms with Crippen LogP contribution in [0.25, 0.3) is 10.9 Å². The molecule has 0 atom stereocenters. The Morgan fingerprint density at radius 3 is 3.06 bits per heavy atom. The minimum Gasteiger partial charge on any atom is -0.483 e. The molecule has 0 fully saturated rings. The van der Waals surface area contributed by atoms with E-state index < -0.39 is 0 Å². The van der Waals surface area contributed by atoms with Gasteiger partial charge in [0.25, 0.3) is 5.91 Å². The molecule has 0 saturated carbocycles. The van der Waals surface area contributed by atoms with Crippen LogP contribution in [0.2, 0.25) is 0 Å². The molecule has 0 bridgehead atoms. The summed E-state index contributed by atoms with van der Waals surface area (Å²) in [5, 5.41) is 0.886. The second-order valence-electron chi connectivity index (χ2n) is 3.64. The lowest BCUT2D eigenvalue weighted by atomic mass is 10.1. The predicted molar refractivity (Wildman–Crippen MR) is 64.3 cm³/mol. The molecule has 5 heteroatoms. The Kier molecular flexibility index (Phi) is 3.20. The smallest absolute Gasteiger partial charge is 0.271 e. The van der Waals surface area contributed by atoms with Crippen LogP contribution in [0.1, 0.15) is 5.56 Å². The highest BCUT2D eigenvalue weighted by Crippen LogP contribution is 2.25. The fraction of sp³-hybridized carbons (Fsp3) is 0.167. The van der Waals surface area contributed by atoms with Gasteiger partial charge in [0.15, 0.2) is 6.61 Å². The molecule has 3 N–H and O–H groups in total. The third-order valence-corrected chi connectivity index (χ3v) is 2.45. The first-order valence-electron chi connectivity index (χ1n) is 5.19. The Balaban J connectivity index is 2.34. The zero-order chi connectivity index (χ0) is 12.3. The Morgan fingerprint density at radius 1 is 1.47 bits per heavy atom. The van der Waals surface area contributed by atoms with Gasteiger partial charge in [-0.05, 0) is 24.6 Å². The average molecular weight is 231 g/mol. The number of aromatic nitrogens is 1. The number of nitrogens with two attached hydrogens (primary N) is 1. The van der Waals surface area contributed by atoms with Crippen molar-refractivity contribution in [1.82, 2.24) is 10.4 Å². The largest absolute Gasteiger partial charge is 0.483 e. The van der Waals surface area contributed by atoms with E-state index in [1.54, 1.807) is 12.3 Å². The van der Waals surface area contributed by atoms with Crippen LogP contribution in [0, 0.1) is 6.92 Å². The van der Waals surface area contributed by atoms with E-state index in [0.717, 1.165) is 16.5 Å². The number of hydrazine groups is 1. The maximum Gasteiger partial charge on any atom is 0.271 e. The molecule has 1 aromatic carbocycles. The van der Waals surface area contributed by atoms with Crippen LogP contribution in [0.15, 0.2) is 30.5 Å². The summed E-state index contributed by atoms with van der Waals surface area (Å²) in [4.78, 5) is 15.3. The molecular weight excluding hydrogens is 218 g/mol. The van der Waals surface area contributed by atoms with Gasteiger partial charge in [0, 0.05) is 11.6 Å². The Labute approximate surface area is 98.6 Å². The first-order valence-corrected chi connectivity index (χ1v) is 5.19. The standard InChI is InChI=1S/C12H13N3O2/c1-8-3-2-4-9-10(5-6-14-12(8)9)17-7-11(16)15-13/h2-6H,7,13H2,1H3,(H,15,16). The van der Waals surface area contributed by atoms with Crippen molar-refractivity contribution in [2.45, 2.75) is 6.92 Å². The number of carbonyl (C=O) groups is 1. The highest BCUT2D eigenvalue weighted by Gasteiger charge is 2.06. The maximum absolute atomic E-state index is 11.0. The van der Waals surface area contributed by atoms with Crippen LogP contribution in [-0.2, 0) is 4.79 Å². The first-order chi connectivity index (χ1) is 8.22. The van der Waals surface area contributed by atoms with E-state index >= 15 is 0 Å². The molecule has 0 radical (unpaired) electrons.